The third-order valence-electron chi connectivity index (χ3n) is 5.21. The van der Waals surface area contributed by atoms with E-state index in [0.29, 0.717) is 49.1 Å². The number of amides is 1. The first-order chi connectivity index (χ1) is 15.7. The second-order valence-corrected chi connectivity index (χ2v) is 7.99. The highest BCUT2D eigenvalue weighted by Gasteiger charge is 2.16. The Morgan fingerprint density at radius 2 is 1.50 bits per heavy atom. The van der Waals surface area contributed by atoms with Crippen molar-refractivity contribution in [2.45, 2.75) is 25.8 Å². The summed E-state index contributed by atoms with van der Waals surface area (Å²) < 4.78 is 5.43. The summed E-state index contributed by atoms with van der Waals surface area (Å²) >= 11 is 5.95. The molecule has 0 saturated carbocycles. The molecule has 1 heterocycles. The molecule has 0 fully saturated rings. The van der Waals surface area contributed by atoms with Gasteiger partial charge in [0.15, 0.2) is 0 Å². The molecule has 0 radical (unpaired) electrons. The second-order valence-electron chi connectivity index (χ2n) is 7.56. The first kappa shape index (κ1) is 21.8. The molecule has 32 heavy (non-hydrogen) atoms. The zero-order chi connectivity index (χ0) is 22.2. The topological polar surface area (TPSA) is 59.2 Å². The first-order valence-electron chi connectivity index (χ1n) is 10.6. The van der Waals surface area contributed by atoms with Gasteiger partial charge >= 0.3 is 0 Å². The van der Waals surface area contributed by atoms with Crippen LogP contribution >= 0.6 is 11.6 Å². The number of carbonyl (C=O) groups excluding carboxylic acids is 1. The lowest BCUT2D eigenvalue weighted by Gasteiger charge is -2.22. The summed E-state index contributed by atoms with van der Waals surface area (Å²) in [6, 6.07) is 27.4. The van der Waals surface area contributed by atoms with Gasteiger partial charge in [0.25, 0.3) is 0 Å². The van der Waals surface area contributed by atoms with Gasteiger partial charge in [-0.25, -0.2) is 0 Å². The molecule has 0 aliphatic rings. The Labute approximate surface area is 192 Å². The third-order valence-corrected chi connectivity index (χ3v) is 5.46. The Kier molecular flexibility index (Phi) is 7.31. The predicted octanol–water partition coefficient (Wildman–Crippen LogP) is 5.59. The monoisotopic (exact) mass is 445 g/mol. The Morgan fingerprint density at radius 1 is 0.844 bits per heavy atom. The summed E-state index contributed by atoms with van der Waals surface area (Å²) in [7, 11) is 0. The van der Waals surface area contributed by atoms with E-state index in [4.69, 9.17) is 16.1 Å². The zero-order valence-corrected chi connectivity index (χ0v) is 18.4. The SMILES string of the molecule is O=C(CCc1ccccc1)N(CCc1nc(-c2ccc(Cl)cc2)no1)Cc1ccccc1. The van der Waals surface area contributed by atoms with Crippen LogP contribution in [0.3, 0.4) is 0 Å². The highest BCUT2D eigenvalue weighted by atomic mass is 35.5. The molecule has 4 rings (SSSR count). The van der Waals surface area contributed by atoms with Crippen molar-refractivity contribution < 1.29 is 9.32 Å². The van der Waals surface area contributed by atoms with Crippen LogP contribution in [0.15, 0.2) is 89.5 Å². The zero-order valence-electron chi connectivity index (χ0n) is 17.7. The molecule has 0 aliphatic carbocycles. The Morgan fingerprint density at radius 3 is 2.19 bits per heavy atom. The van der Waals surface area contributed by atoms with E-state index in [1.54, 1.807) is 12.1 Å². The molecule has 0 spiro atoms. The second kappa shape index (κ2) is 10.7. The Hall–Kier alpha value is -3.44. The van der Waals surface area contributed by atoms with E-state index >= 15 is 0 Å². The van der Waals surface area contributed by atoms with Crippen LogP contribution in [0.25, 0.3) is 11.4 Å². The maximum absolute atomic E-state index is 13.0. The van der Waals surface area contributed by atoms with E-state index < -0.39 is 0 Å². The Balaban J connectivity index is 1.41. The largest absolute Gasteiger partial charge is 0.339 e. The van der Waals surface area contributed by atoms with E-state index in [9.17, 15) is 4.79 Å². The molecule has 0 bridgehead atoms. The van der Waals surface area contributed by atoms with Crippen molar-refractivity contribution >= 4 is 17.5 Å². The molecule has 0 N–H and O–H groups in total. The average molecular weight is 446 g/mol. The Bertz CT molecular complexity index is 1130. The third kappa shape index (κ3) is 6.05. The van der Waals surface area contributed by atoms with Gasteiger partial charge in [-0.15, -0.1) is 0 Å². The minimum Gasteiger partial charge on any atom is -0.339 e. The number of benzene rings is 3. The highest BCUT2D eigenvalue weighted by Crippen LogP contribution is 2.19. The summed E-state index contributed by atoms with van der Waals surface area (Å²) in [5.41, 5.74) is 3.09. The molecule has 4 aromatic rings. The fourth-order valence-electron chi connectivity index (χ4n) is 3.45. The molecule has 1 aromatic heterocycles. The lowest BCUT2D eigenvalue weighted by Crippen LogP contribution is -2.32. The van der Waals surface area contributed by atoms with Gasteiger partial charge in [0.05, 0.1) is 0 Å². The van der Waals surface area contributed by atoms with Gasteiger partial charge in [0, 0.05) is 36.5 Å². The number of halogens is 1. The maximum Gasteiger partial charge on any atom is 0.228 e. The standard InChI is InChI=1S/C26H24ClN3O2/c27-23-14-12-22(13-15-23)26-28-24(32-29-26)17-18-30(19-21-9-5-2-6-10-21)25(31)16-11-20-7-3-1-4-8-20/h1-10,12-15H,11,16-19H2. The summed E-state index contributed by atoms with van der Waals surface area (Å²) in [6.45, 7) is 1.05. The van der Waals surface area contributed by atoms with Gasteiger partial charge in [-0.2, -0.15) is 4.98 Å². The minimum atomic E-state index is 0.107. The first-order valence-corrected chi connectivity index (χ1v) is 11.0. The van der Waals surface area contributed by atoms with Crippen LogP contribution in [0.1, 0.15) is 23.4 Å². The number of nitrogens with zero attached hydrogens (tertiary/aromatic N) is 3. The highest BCUT2D eigenvalue weighted by molar-refractivity contribution is 6.30. The predicted molar refractivity (Wildman–Crippen MR) is 125 cm³/mol. The number of hydrogen-bond acceptors (Lipinski definition) is 4. The molecule has 0 saturated heterocycles. The van der Waals surface area contributed by atoms with Crippen molar-refractivity contribution in [2.75, 3.05) is 6.54 Å². The number of rotatable bonds is 9. The van der Waals surface area contributed by atoms with Crippen molar-refractivity contribution in [2.24, 2.45) is 0 Å². The molecule has 0 aliphatic heterocycles. The minimum absolute atomic E-state index is 0.107. The van der Waals surface area contributed by atoms with E-state index in [0.717, 1.165) is 16.7 Å². The van der Waals surface area contributed by atoms with Crippen LogP contribution in [-0.2, 0) is 24.2 Å². The van der Waals surface area contributed by atoms with Gasteiger partial charge < -0.3 is 9.42 Å². The molecule has 5 nitrogen and oxygen atoms in total. The van der Waals surface area contributed by atoms with Crippen LogP contribution in [-0.4, -0.2) is 27.5 Å². The number of aryl methyl sites for hydroxylation is 1. The van der Waals surface area contributed by atoms with Crippen molar-refractivity contribution in [1.82, 2.24) is 15.0 Å². The van der Waals surface area contributed by atoms with Crippen LogP contribution in [0.4, 0.5) is 0 Å². The normalized spacial score (nSPS) is 10.8. The van der Waals surface area contributed by atoms with Crippen LogP contribution in [0.2, 0.25) is 5.02 Å². The maximum atomic E-state index is 13.0. The number of hydrogen-bond donors (Lipinski definition) is 0. The smallest absolute Gasteiger partial charge is 0.228 e. The molecular formula is C26H24ClN3O2. The van der Waals surface area contributed by atoms with Gasteiger partial charge in [0.1, 0.15) is 0 Å². The average Bonchev–Trinajstić information content (AvgIpc) is 3.31. The van der Waals surface area contributed by atoms with Crippen molar-refractivity contribution in [3.8, 4) is 11.4 Å². The summed E-state index contributed by atoms with van der Waals surface area (Å²) in [6.07, 6.45) is 1.66. The van der Waals surface area contributed by atoms with Crippen molar-refractivity contribution in [1.29, 1.82) is 0 Å². The molecule has 0 unspecified atom stereocenters. The lowest BCUT2D eigenvalue weighted by molar-refractivity contribution is -0.131. The summed E-state index contributed by atoms with van der Waals surface area (Å²) in [5, 5.41) is 4.72. The molecule has 0 atom stereocenters. The van der Waals surface area contributed by atoms with Crippen LogP contribution in [0.5, 0.6) is 0 Å². The molecule has 3 aromatic carbocycles. The van der Waals surface area contributed by atoms with E-state index in [1.807, 2.05) is 77.7 Å². The number of carbonyl (C=O) groups is 1. The molecule has 6 heteroatoms. The van der Waals surface area contributed by atoms with Crippen molar-refractivity contribution in [3.05, 3.63) is 107 Å². The van der Waals surface area contributed by atoms with E-state index in [1.165, 1.54) is 0 Å². The molecule has 162 valence electrons. The van der Waals surface area contributed by atoms with Gasteiger partial charge in [-0.1, -0.05) is 77.4 Å². The fourth-order valence-corrected chi connectivity index (χ4v) is 3.58. The molecular weight excluding hydrogens is 422 g/mol. The van der Waals surface area contributed by atoms with Crippen molar-refractivity contribution in [3.63, 3.8) is 0 Å². The van der Waals surface area contributed by atoms with Gasteiger partial charge in [-0.3, -0.25) is 4.79 Å². The molecule has 1 amide bonds. The van der Waals surface area contributed by atoms with E-state index in [-0.39, 0.29) is 5.91 Å². The lowest BCUT2D eigenvalue weighted by atomic mass is 10.1. The van der Waals surface area contributed by atoms with Crippen LogP contribution in [0, 0.1) is 0 Å². The van der Waals surface area contributed by atoms with Gasteiger partial charge in [0.2, 0.25) is 17.6 Å². The van der Waals surface area contributed by atoms with Gasteiger partial charge in [-0.05, 0) is 41.8 Å². The fraction of sp³-hybridized carbons (Fsp3) is 0.192. The summed E-state index contributed by atoms with van der Waals surface area (Å²) in [5.74, 6) is 1.13. The summed E-state index contributed by atoms with van der Waals surface area (Å²) in [4.78, 5) is 19.4. The van der Waals surface area contributed by atoms with Crippen LogP contribution < -0.4 is 0 Å². The van der Waals surface area contributed by atoms with E-state index in [2.05, 4.69) is 10.1 Å². The quantitative estimate of drug-likeness (QED) is 0.336. The number of aromatic nitrogens is 2.